The topological polar surface area (TPSA) is 75.9 Å². The molecule has 2 amide bonds. The largest absolute Gasteiger partial charge is 0.477 e. The fourth-order valence-corrected chi connectivity index (χ4v) is 3.64. The van der Waals surface area contributed by atoms with Crippen LogP contribution in [0.4, 0.5) is 11.4 Å². The van der Waals surface area contributed by atoms with Gasteiger partial charge in [0.15, 0.2) is 6.10 Å². The molecule has 0 unspecified atom stereocenters. The van der Waals surface area contributed by atoms with Crippen molar-refractivity contribution in [2.75, 3.05) is 29.4 Å². The third-order valence-corrected chi connectivity index (χ3v) is 4.92. The van der Waals surface area contributed by atoms with E-state index in [1.807, 2.05) is 30.3 Å². The first kappa shape index (κ1) is 16.4. The van der Waals surface area contributed by atoms with Crippen LogP contribution >= 0.6 is 0 Å². The van der Waals surface area contributed by atoms with Crippen LogP contribution in [-0.4, -0.2) is 37.6 Å². The van der Waals surface area contributed by atoms with E-state index in [4.69, 9.17) is 10.5 Å². The number of aryl methyl sites for hydroxylation is 1. The van der Waals surface area contributed by atoms with Gasteiger partial charge in [0.1, 0.15) is 5.75 Å². The van der Waals surface area contributed by atoms with Crippen molar-refractivity contribution < 1.29 is 14.3 Å². The van der Waals surface area contributed by atoms with Gasteiger partial charge in [-0.05, 0) is 36.6 Å². The average molecular weight is 351 g/mol. The lowest BCUT2D eigenvalue weighted by molar-refractivity contribution is -0.125. The number of hydrogen-bond donors (Lipinski definition) is 1. The lowest BCUT2D eigenvalue weighted by atomic mass is 10.0. The zero-order valence-electron chi connectivity index (χ0n) is 14.4. The van der Waals surface area contributed by atoms with E-state index in [1.54, 1.807) is 11.0 Å². The molecule has 2 aliphatic rings. The molecule has 2 aromatic rings. The van der Waals surface area contributed by atoms with Gasteiger partial charge >= 0.3 is 0 Å². The fraction of sp³-hybridized carbons (Fsp3) is 0.300. The lowest BCUT2D eigenvalue weighted by Crippen LogP contribution is -2.52. The highest BCUT2D eigenvalue weighted by molar-refractivity contribution is 5.99. The number of ether oxygens (including phenoxy) is 1. The van der Waals surface area contributed by atoms with Gasteiger partial charge in [-0.15, -0.1) is 0 Å². The second-order valence-corrected chi connectivity index (χ2v) is 6.63. The van der Waals surface area contributed by atoms with Gasteiger partial charge in [0.25, 0.3) is 5.91 Å². The number of para-hydroxylation sites is 3. The third-order valence-electron chi connectivity index (χ3n) is 4.92. The van der Waals surface area contributed by atoms with Crippen molar-refractivity contribution in [3.05, 3.63) is 54.1 Å². The van der Waals surface area contributed by atoms with Crippen LogP contribution in [0.15, 0.2) is 48.5 Å². The molecule has 0 aromatic heterocycles. The second kappa shape index (κ2) is 6.71. The molecule has 2 aromatic carbocycles. The smallest absolute Gasteiger partial charge is 0.260 e. The first-order valence-corrected chi connectivity index (χ1v) is 8.81. The van der Waals surface area contributed by atoms with Crippen molar-refractivity contribution in [2.24, 2.45) is 5.73 Å². The van der Waals surface area contributed by atoms with Crippen LogP contribution in [-0.2, 0) is 16.0 Å². The summed E-state index contributed by atoms with van der Waals surface area (Å²) in [6.07, 6.45) is 1.22. The Kier molecular flexibility index (Phi) is 4.24. The van der Waals surface area contributed by atoms with Crippen molar-refractivity contribution in [1.82, 2.24) is 0 Å². The number of fused-ring (bicyclic) bond motifs is 2. The van der Waals surface area contributed by atoms with Gasteiger partial charge in [-0.3, -0.25) is 9.59 Å². The predicted molar refractivity (Wildman–Crippen MR) is 99.4 cm³/mol. The second-order valence-electron chi connectivity index (χ2n) is 6.63. The van der Waals surface area contributed by atoms with Crippen molar-refractivity contribution in [3.63, 3.8) is 0 Å². The molecule has 0 bridgehead atoms. The Balaban J connectivity index is 1.59. The number of nitrogens with two attached hydrogens (primary N) is 1. The maximum atomic E-state index is 13.1. The molecule has 4 rings (SSSR count). The molecule has 0 aliphatic carbocycles. The monoisotopic (exact) mass is 351 g/mol. The van der Waals surface area contributed by atoms with Crippen LogP contribution in [0, 0.1) is 0 Å². The number of rotatable bonds is 3. The summed E-state index contributed by atoms with van der Waals surface area (Å²) in [5, 5.41) is 0. The number of amides is 2. The van der Waals surface area contributed by atoms with Crippen LogP contribution < -0.4 is 20.3 Å². The number of carbonyl (C=O) groups excluding carboxylic acids is 2. The maximum absolute atomic E-state index is 13.1. The third kappa shape index (κ3) is 2.98. The Morgan fingerprint density at radius 2 is 1.81 bits per heavy atom. The Morgan fingerprint density at radius 3 is 2.62 bits per heavy atom. The fourth-order valence-electron chi connectivity index (χ4n) is 3.64. The number of carbonyl (C=O) groups is 2. The van der Waals surface area contributed by atoms with E-state index in [0.29, 0.717) is 11.4 Å². The molecule has 6 heteroatoms. The van der Waals surface area contributed by atoms with E-state index >= 15 is 0 Å². The highest BCUT2D eigenvalue weighted by Gasteiger charge is 2.33. The molecule has 2 N–H and O–H groups in total. The number of benzene rings is 2. The standard InChI is InChI=1S/C20H21N3O3/c21-20(25)18-12-23(16-9-3-4-10-17(16)26-18)19(24)13-22-11-5-7-14-6-1-2-8-15(14)22/h1-4,6,8-10,18H,5,7,11-13H2,(H2,21,25)/t18-/m1/s1. The molecular formula is C20H21N3O3. The van der Waals surface area contributed by atoms with Crippen LogP contribution in [0.2, 0.25) is 0 Å². The molecule has 0 spiro atoms. The Morgan fingerprint density at radius 1 is 1.08 bits per heavy atom. The molecule has 2 aliphatic heterocycles. The van der Waals surface area contributed by atoms with E-state index < -0.39 is 12.0 Å². The van der Waals surface area contributed by atoms with E-state index in [0.717, 1.165) is 25.1 Å². The summed E-state index contributed by atoms with van der Waals surface area (Å²) >= 11 is 0. The Hall–Kier alpha value is -3.02. The van der Waals surface area contributed by atoms with Crippen molar-refractivity contribution in [3.8, 4) is 5.75 Å². The van der Waals surface area contributed by atoms with E-state index in [1.165, 1.54) is 5.56 Å². The molecule has 1 atom stereocenters. The molecule has 26 heavy (non-hydrogen) atoms. The van der Waals surface area contributed by atoms with Crippen molar-refractivity contribution in [2.45, 2.75) is 18.9 Å². The zero-order valence-corrected chi connectivity index (χ0v) is 14.4. The van der Waals surface area contributed by atoms with Gasteiger partial charge in [0, 0.05) is 12.2 Å². The summed E-state index contributed by atoms with van der Waals surface area (Å²) in [6, 6.07) is 15.4. The summed E-state index contributed by atoms with van der Waals surface area (Å²) in [5.41, 5.74) is 8.48. The highest BCUT2D eigenvalue weighted by Crippen LogP contribution is 2.34. The summed E-state index contributed by atoms with van der Waals surface area (Å²) in [7, 11) is 0. The normalized spacial score (nSPS) is 18.5. The number of nitrogens with zero attached hydrogens (tertiary/aromatic N) is 2. The minimum atomic E-state index is -0.831. The predicted octanol–water partition coefficient (Wildman–Crippen LogP) is 1.72. The van der Waals surface area contributed by atoms with Crippen LogP contribution in [0.5, 0.6) is 5.75 Å². The summed E-state index contributed by atoms with van der Waals surface area (Å²) < 4.78 is 5.64. The molecule has 2 heterocycles. The molecule has 0 fully saturated rings. The van der Waals surface area contributed by atoms with Crippen molar-refractivity contribution in [1.29, 1.82) is 0 Å². The molecule has 0 saturated carbocycles. The van der Waals surface area contributed by atoms with E-state index in [9.17, 15) is 9.59 Å². The number of anilines is 2. The lowest BCUT2D eigenvalue weighted by Gasteiger charge is -2.36. The van der Waals surface area contributed by atoms with Crippen LogP contribution in [0.3, 0.4) is 0 Å². The summed E-state index contributed by atoms with van der Waals surface area (Å²) in [5.74, 6) is -0.126. The van der Waals surface area contributed by atoms with Gasteiger partial charge in [-0.1, -0.05) is 30.3 Å². The molecule has 0 radical (unpaired) electrons. The van der Waals surface area contributed by atoms with Crippen LogP contribution in [0.1, 0.15) is 12.0 Å². The molecule has 6 nitrogen and oxygen atoms in total. The quantitative estimate of drug-likeness (QED) is 0.914. The SMILES string of the molecule is NC(=O)[C@H]1CN(C(=O)CN2CCCc3ccccc32)c2ccccc2O1. The zero-order chi connectivity index (χ0) is 18.1. The number of hydrogen-bond acceptors (Lipinski definition) is 4. The van der Waals surface area contributed by atoms with Gasteiger partial charge in [-0.2, -0.15) is 0 Å². The average Bonchev–Trinajstić information content (AvgIpc) is 2.67. The van der Waals surface area contributed by atoms with Gasteiger partial charge in [0.2, 0.25) is 5.91 Å². The van der Waals surface area contributed by atoms with E-state index in [2.05, 4.69) is 17.0 Å². The van der Waals surface area contributed by atoms with Crippen molar-refractivity contribution >= 4 is 23.2 Å². The minimum Gasteiger partial charge on any atom is -0.477 e. The number of primary amides is 1. The first-order chi connectivity index (χ1) is 12.6. The van der Waals surface area contributed by atoms with Crippen LogP contribution in [0.25, 0.3) is 0 Å². The molecule has 134 valence electrons. The molecular weight excluding hydrogens is 330 g/mol. The summed E-state index contributed by atoms with van der Waals surface area (Å²) in [4.78, 5) is 28.4. The Labute approximate surface area is 152 Å². The van der Waals surface area contributed by atoms with Gasteiger partial charge in [0.05, 0.1) is 18.8 Å². The molecule has 0 saturated heterocycles. The minimum absolute atomic E-state index is 0.0660. The Bertz CT molecular complexity index is 852. The van der Waals surface area contributed by atoms with Gasteiger partial charge in [-0.25, -0.2) is 0 Å². The maximum Gasteiger partial charge on any atom is 0.260 e. The van der Waals surface area contributed by atoms with E-state index in [-0.39, 0.29) is 19.0 Å². The first-order valence-electron chi connectivity index (χ1n) is 8.81. The highest BCUT2D eigenvalue weighted by atomic mass is 16.5. The van der Waals surface area contributed by atoms with Gasteiger partial charge < -0.3 is 20.3 Å². The summed E-state index contributed by atoms with van der Waals surface area (Å²) in [6.45, 7) is 1.24.